The van der Waals surface area contributed by atoms with Gasteiger partial charge in [0.1, 0.15) is 0 Å². The lowest BCUT2D eigenvalue weighted by Gasteiger charge is -2.12. The zero-order valence-electron chi connectivity index (χ0n) is 24.0. The molecule has 1 amide bonds. The molecular formula is C34H37N3O5. The molecule has 42 heavy (non-hydrogen) atoms. The summed E-state index contributed by atoms with van der Waals surface area (Å²) < 4.78 is 1.31. The standard InChI is InChI=1S/C34H37N3O5/c1-2-28(38)23-37-22-27(17-18-32(37)39)36-34(42)26-14-9-13-25(19-26)31-21-35-20-30-24(12-10-15-29(30)31)11-7-5-3-4-6-8-16-33(40)41/h9-10,12-15,17-22H,2-8,11,16,23H2,1H3,(H,36,42)(H,40,41). The number of aliphatic carboxylic acids is 1. The van der Waals surface area contributed by atoms with Crippen LogP contribution in [0, 0.1) is 0 Å². The number of benzene rings is 2. The number of Topliss-reactive ketones (excluding diaryl/α,β-unsaturated/α-hetero) is 1. The van der Waals surface area contributed by atoms with Gasteiger partial charge in [-0.3, -0.25) is 24.2 Å². The molecule has 0 radical (unpaired) electrons. The minimum absolute atomic E-state index is 0.0286. The Morgan fingerprint density at radius 2 is 1.64 bits per heavy atom. The number of hydrogen-bond donors (Lipinski definition) is 2. The Kier molecular flexibility index (Phi) is 10.8. The smallest absolute Gasteiger partial charge is 0.303 e. The molecular weight excluding hydrogens is 530 g/mol. The van der Waals surface area contributed by atoms with E-state index < -0.39 is 5.97 Å². The first-order valence-corrected chi connectivity index (χ1v) is 14.6. The molecule has 0 saturated heterocycles. The van der Waals surface area contributed by atoms with Crippen LogP contribution in [-0.2, 0) is 22.6 Å². The van der Waals surface area contributed by atoms with Gasteiger partial charge in [0.15, 0.2) is 5.78 Å². The van der Waals surface area contributed by atoms with Gasteiger partial charge in [-0.25, -0.2) is 0 Å². The first-order chi connectivity index (χ1) is 20.4. The van der Waals surface area contributed by atoms with Crippen molar-refractivity contribution in [2.75, 3.05) is 5.32 Å². The lowest BCUT2D eigenvalue weighted by molar-refractivity contribution is -0.137. The van der Waals surface area contributed by atoms with Gasteiger partial charge < -0.3 is 15.0 Å². The number of carboxylic acids is 1. The largest absolute Gasteiger partial charge is 0.481 e. The number of carbonyl (C=O) groups excluding carboxylic acids is 2. The zero-order valence-corrected chi connectivity index (χ0v) is 24.0. The van der Waals surface area contributed by atoms with E-state index in [4.69, 9.17) is 5.11 Å². The molecule has 2 aromatic carbocycles. The Morgan fingerprint density at radius 3 is 2.43 bits per heavy atom. The second kappa shape index (κ2) is 14.9. The number of nitrogens with one attached hydrogen (secondary N) is 1. The zero-order chi connectivity index (χ0) is 29.9. The van der Waals surface area contributed by atoms with Gasteiger partial charge in [-0.2, -0.15) is 0 Å². The number of nitrogens with zero attached hydrogens (tertiary/aromatic N) is 2. The fraction of sp³-hybridized carbons (Fsp3) is 0.324. The van der Waals surface area contributed by atoms with Gasteiger partial charge in [0.05, 0.1) is 12.2 Å². The van der Waals surface area contributed by atoms with Crippen molar-refractivity contribution in [3.8, 4) is 11.1 Å². The third-order valence-corrected chi connectivity index (χ3v) is 7.40. The summed E-state index contributed by atoms with van der Waals surface area (Å²) in [6.07, 6.45) is 12.7. The summed E-state index contributed by atoms with van der Waals surface area (Å²) >= 11 is 0. The maximum absolute atomic E-state index is 13.1. The predicted molar refractivity (Wildman–Crippen MR) is 165 cm³/mol. The average Bonchev–Trinajstić information content (AvgIpc) is 2.99. The van der Waals surface area contributed by atoms with Crippen LogP contribution in [0.2, 0.25) is 0 Å². The number of amides is 1. The van der Waals surface area contributed by atoms with E-state index >= 15 is 0 Å². The number of carboxylic acid groups (broad SMARTS) is 1. The minimum Gasteiger partial charge on any atom is -0.481 e. The Hall–Kier alpha value is -4.59. The number of anilines is 1. The first-order valence-electron chi connectivity index (χ1n) is 14.6. The van der Waals surface area contributed by atoms with E-state index in [0.29, 0.717) is 17.7 Å². The molecule has 0 unspecified atom stereocenters. The Balaban J connectivity index is 1.45. The number of carbonyl (C=O) groups is 3. The highest BCUT2D eigenvalue weighted by molar-refractivity contribution is 6.06. The van der Waals surface area contributed by atoms with Gasteiger partial charge in [-0.1, -0.05) is 62.9 Å². The second-order valence-electron chi connectivity index (χ2n) is 10.5. The summed E-state index contributed by atoms with van der Waals surface area (Å²) in [4.78, 5) is 52.3. The van der Waals surface area contributed by atoms with Gasteiger partial charge in [0.2, 0.25) is 0 Å². The number of aryl methyl sites for hydroxylation is 1. The summed E-state index contributed by atoms with van der Waals surface area (Å²) in [7, 11) is 0. The Labute approximate surface area is 245 Å². The molecule has 0 atom stereocenters. The van der Waals surface area contributed by atoms with Crippen LogP contribution in [0.25, 0.3) is 21.9 Å². The van der Waals surface area contributed by atoms with E-state index in [1.807, 2.05) is 30.6 Å². The average molecular weight is 568 g/mol. The molecule has 2 N–H and O–H groups in total. The maximum Gasteiger partial charge on any atom is 0.303 e. The highest BCUT2D eigenvalue weighted by atomic mass is 16.4. The van der Waals surface area contributed by atoms with Crippen LogP contribution < -0.4 is 10.9 Å². The number of fused-ring (bicyclic) bond motifs is 1. The summed E-state index contributed by atoms with van der Waals surface area (Å²) in [5.41, 5.74) is 3.65. The van der Waals surface area contributed by atoms with Crippen molar-refractivity contribution < 1.29 is 19.5 Å². The molecule has 218 valence electrons. The van der Waals surface area contributed by atoms with Gasteiger partial charge in [0, 0.05) is 54.0 Å². The number of ketones is 1. The monoisotopic (exact) mass is 567 g/mol. The number of aromatic nitrogens is 2. The van der Waals surface area contributed by atoms with Crippen molar-refractivity contribution in [2.24, 2.45) is 0 Å². The molecule has 0 spiro atoms. The van der Waals surface area contributed by atoms with E-state index in [9.17, 15) is 19.2 Å². The molecule has 0 fully saturated rings. The van der Waals surface area contributed by atoms with Crippen LogP contribution in [0.5, 0.6) is 0 Å². The predicted octanol–water partition coefficient (Wildman–Crippen LogP) is 6.65. The number of hydrogen-bond acceptors (Lipinski definition) is 5. The topological polar surface area (TPSA) is 118 Å². The van der Waals surface area contributed by atoms with Crippen LogP contribution >= 0.6 is 0 Å². The number of rotatable bonds is 15. The van der Waals surface area contributed by atoms with Crippen molar-refractivity contribution in [2.45, 2.75) is 71.3 Å². The second-order valence-corrected chi connectivity index (χ2v) is 10.5. The maximum atomic E-state index is 13.1. The van der Waals surface area contributed by atoms with Crippen molar-refractivity contribution in [3.63, 3.8) is 0 Å². The van der Waals surface area contributed by atoms with Crippen LogP contribution in [0.15, 0.2) is 78.0 Å². The summed E-state index contributed by atoms with van der Waals surface area (Å²) in [6.45, 7) is 1.72. The van der Waals surface area contributed by atoms with Crippen molar-refractivity contribution in [3.05, 3.63) is 94.7 Å². The Bertz CT molecular complexity index is 1630. The molecule has 0 saturated carbocycles. The van der Waals surface area contributed by atoms with Gasteiger partial charge in [0.25, 0.3) is 11.5 Å². The molecule has 8 heteroatoms. The van der Waals surface area contributed by atoms with Crippen LogP contribution in [0.1, 0.15) is 74.2 Å². The van der Waals surface area contributed by atoms with E-state index in [2.05, 4.69) is 28.5 Å². The van der Waals surface area contributed by atoms with Crippen molar-refractivity contribution >= 4 is 34.1 Å². The van der Waals surface area contributed by atoms with E-state index in [-0.39, 0.29) is 30.2 Å². The van der Waals surface area contributed by atoms with E-state index in [1.54, 1.807) is 13.0 Å². The SMILES string of the molecule is CCC(=O)Cn1cc(NC(=O)c2cccc(-c3cncc4c(CCCCCCCCC(=O)O)cccc34)c2)ccc1=O. The fourth-order valence-corrected chi connectivity index (χ4v) is 5.06. The molecule has 4 rings (SSSR count). The van der Waals surface area contributed by atoms with E-state index in [1.165, 1.54) is 28.5 Å². The summed E-state index contributed by atoms with van der Waals surface area (Å²) in [5.74, 6) is -1.11. The van der Waals surface area contributed by atoms with Gasteiger partial charge >= 0.3 is 5.97 Å². The van der Waals surface area contributed by atoms with Crippen molar-refractivity contribution in [1.29, 1.82) is 0 Å². The third-order valence-electron chi connectivity index (χ3n) is 7.40. The van der Waals surface area contributed by atoms with Gasteiger partial charge in [-0.15, -0.1) is 0 Å². The van der Waals surface area contributed by atoms with Crippen molar-refractivity contribution in [1.82, 2.24) is 9.55 Å². The quantitative estimate of drug-likeness (QED) is 0.155. The van der Waals surface area contributed by atoms with Crippen LogP contribution in [-0.4, -0.2) is 32.3 Å². The van der Waals surface area contributed by atoms with Gasteiger partial charge in [-0.05, 0) is 54.0 Å². The first kappa shape index (κ1) is 30.4. The minimum atomic E-state index is -0.726. The lowest BCUT2D eigenvalue weighted by Crippen LogP contribution is -2.24. The molecule has 0 aliphatic rings. The molecule has 0 bridgehead atoms. The highest BCUT2D eigenvalue weighted by Crippen LogP contribution is 2.31. The summed E-state index contributed by atoms with van der Waals surface area (Å²) in [6, 6.07) is 16.5. The van der Waals surface area contributed by atoms with E-state index in [0.717, 1.165) is 66.8 Å². The number of unbranched alkanes of at least 4 members (excludes halogenated alkanes) is 5. The molecule has 8 nitrogen and oxygen atoms in total. The molecule has 2 aromatic heterocycles. The lowest BCUT2D eigenvalue weighted by atomic mass is 9.95. The molecule has 2 heterocycles. The van der Waals surface area contributed by atoms with Crippen LogP contribution in [0.4, 0.5) is 5.69 Å². The molecule has 0 aliphatic heterocycles. The highest BCUT2D eigenvalue weighted by Gasteiger charge is 2.12. The number of pyridine rings is 2. The third kappa shape index (κ3) is 8.22. The summed E-state index contributed by atoms with van der Waals surface area (Å²) in [5, 5.41) is 13.8. The molecule has 4 aromatic rings. The molecule has 0 aliphatic carbocycles. The fourth-order valence-electron chi connectivity index (χ4n) is 5.06. The van der Waals surface area contributed by atoms with Crippen LogP contribution in [0.3, 0.4) is 0 Å². The normalized spacial score (nSPS) is 11.0. The Morgan fingerprint density at radius 1 is 0.881 bits per heavy atom.